The van der Waals surface area contributed by atoms with E-state index in [0.29, 0.717) is 0 Å². The molecular formula is C16H17N3S. The molecule has 3 rings (SSSR count). The Hall–Kier alpha value is -1.94. The van der Waals surface area contributed by atoms with Crippen LogP contribution in [0, 0.1) is 6.92 Å². The van der Waals surface area contributed by atoms with Crippen molar-refractivity contribution in [3.8, 4) is 0 Å². The Morgan fingerprint density at radius 2 is 2.00 bits per heavy atom. The highest BCUT2D eigenvalue weighted by molar-refractivity contribution is 7.17. The van der Waals surface area contributed by atoms with Crippen LogP contribution in [0.4, 0.5) is 5.82 Å². The van der Waals surface area contributed by atoms with Gasteiger partial charge < -0.3 is 5.32 Å². The van der Waals surface area contributed by atoms with Gasteiger partial charge in [0.15, 0.2) is 0 Å². The molecule has 0 aliphatic rings. The van der Waals surface area contributed by atoms with Crippen LogP contribution in [0.1, 0.15) is 17.5 Å². The molecule has 0 aliphatic heterocycles. The maximum Gasteiger partial charge on any atom is 0.138 e. The number of nitrogens with one attached hydrogen (secondary N) is 1. The third kappa shape index (κ3) is 2.80. The van der Waals surface area contributed by atoms with E-state index in [-0.39, 0.29) is 0 Å². The third-order valence-corrected chi connectivity index (χ3v) is 4.34. The van der Waals surface area contributed by atoms with Crippen molar-refractivity contribution in [2.45, 2.75) is 19.8 Å². The minimum absolute atomic E-state index is 0.927. The number of fused-ring (bicyclic) bond motifs is 1. The Labute approximate surface area is 122 Å². The molecule has 3 aromatic rings. The molecule has 1 aromatic carbocycles. The van der Waals surface area contributed by atoms with E-state index in [2.05, 4.69) is 57.9 Å². The Morgan fingerprint density at radius 1 is 1.15 bits per heavy atom. The monoisotopic (exact) mass is 283 g/mol. The van der Waals surface area contributed by atoms with Crippen LogP contribution in [0.25, 0.3) is 10.2 Å². The van der Waals surface area contributed by atoms with Crippen LogP contribution < -0.4 is 5.32 Å². The van der Waals surface area contributed by atoms with Gasteiger partial charge in [0.2, 0.25) is 0 Å². The number of hydrogen-bond donors (Lipinski definition) is 1. The van der Waals surface area contributed by atoms with Crippen molar-refractivity contribution in [1.82, 2.24) is 9.97 Å². The molecule has 20 heavy (non-hydrogen) atoms. The average molecular weight is 283 g/mol. The van der Waals surface area contributed by atoms with E-state index in [4.69, 9.17) is 0 Å². The molecule has 0 bridgehead atoms. The van der Waals surface area contributed by atoms with Gasteiger partial charge in [-0.1, -0.05) is 30.3 Å². The Bertz CT molecular complexity index is 691. The van der Waals surface area contributed by atoms with Crippen molar-refractivity contribution < 1.29 is 0 Å². The Morgan fingerprint density at radius 3 is 2.85 bits per heavy atom. The van der Waals surface area contributed by atoms with E-state index >= 15 is 0 Å². The van der Waals surface area contributed by atoms with Crippen molar-refractivity contribution in [3.05, 3.63) is 53.2 Å². The first kappa shape index (κ1) is 13.1. The van der Waals surface area contributed by atoms with Gasteiger partial charge in [0, 0.05) is 6.54 Å². The molecule has 3 nitrogen and oxygen atoms in total. The van der Waals surface area contributed by atoms with Gasteiger partial charge in [0.25, 0.3) is 0 Å². The van der Waals surface area contributed by atoms with Gasteiger partial charge in [0.1, 0.15) is 17.0 Å². The summed E-state index contributed by atoms with van der Waals surface area (Å²) in [6.45, 7) is 3.04. The van der Waals surface area contributed by atoms with Crippen LogP contribution in [0.15, 0.2) is 42.0 Å². The fraction of sp³-hybridized carbons (Fsp3) is 0.250. The first-order chi connectivity index (χ1) is 9.84. The summed E-state index contributed by atoms with van der Waals surface area (Å²) in [7, 11) is 0. The van der Waals surface area contributed by atoms with Crippen LogP contribution in [0.3, 0.4) is 0 Å². The second kappa shape index (κ2) is 6.01. The number of thiophene rings is 1. The van der Waals surface area contributed by atoms with Crippen LogP contribution in [0.2, 0.25) is 0 Å². The van der Waals surface area contributed by atoms with Crippen LogP contribution in [0.5, 0.6) is 0 Å². The number of hydrogen-bond acceptors (Lipinski definition) is 4. The van der Waals surface area contributed by atoms with Crippen LogP contribution >= 0.6 is 11.3 Å². The van der Waals surface area contributed by atoms with Gasteiger partial charge in [0.05, 0.1) is 5.39 Å². The average Bonchev–Trinajstić information content (AvgIpc) is 2.87. The molecule has 2 aromatic heterocycles. The summed E-state index contributed by atoms with van der Waals surface area (Å²) in [5.74, 6) is 0.960. The van der Waals surface area contributed by atoms with Crippen molar-refractivity contribution in [1.29, 1.82) is 0 Å². The first-order valence-corrected chi connectivity index (χ1v) is 7.69. The number of aromatic nitrogens is 2. The quantitative estimate of drug-likeness (QED) is 0.718. The number of aryl methyl sites for hydroxylation is 2. The molecular weight excluding hydrogens is 266 g/mol. The summed E-state index contributed by atoms with van der Waals surface area (Å²) >= 11 is 1.67. The topological polar surface area (TPSA) is 37.8 Å². The fourth-order valence-corrected chi connectivity index (χ4v) is 3.19. The lowest BCUT2D eigenvalue weighted by molar-refractivity contribution is 0.859. The maximum absolute atomic E-state index is 4.37. The zero-order valence-corrected chi connectivity index (χ0v) is 12.3. The first-order valence-electron chi connectivity index (χ1n) is 6.81. The largest absolute Gasteiger partial charge is 0.369 e. The van der Waals surface area contributed by atoms with Gasteiger partial charge in [-0.15, -0.1) is 11.3 Å². The molecule has 0 saturated heterocycles. The van der Waals surface area contributed by atoms with Crippen molar-refractivity contribution >= 4 is 27.4 Å². The van der Waals surface area contributed by atoms with E-state index in [1.54, 1.807) is 17.7 Å². The summed E-state index contributed by atoms with van der Waals surface area (Å²) in [5.41, 5.74) is 2.63. The minimum Gasteiger partial charge on any atom is -0.369 e. The highest BCUT2D eigenvalue weighted by Crippen LogP contribution is 2.28. The van der Waals surface area contributed by atoms with Gasteiger partial charge in [-0.2, -0.15) is 0 Å². The number of rotatable bonds is 5. The molecule has 0 saturated carbocycles. The van der Waals surface area contributed by atoms with E-state index in [0.717, 1.165) is 35.4 Å². The van der Waals surface area contributed by atoms with Gasteiger partial charge in [-0.05, 0) is 36.3 Å². The summed E-state index contributed by atoms with van der Waals surface area (Å²) in [4.78, 5) is 9.73. The molecule has 0 spiro atoms. The van der Waals surface area contributed by atoms with Crippen molar-refractivity contribution in [2.24, 2.45) is 0 Å². The van der Waals surface area contributed by atoms with Crippen LogP contribution in [-0.4, -0.2) is 16.5 Å². The second-order valence-electron chi connectivity index (χ2n) is 4.84. The lowest BCUT2D eigenvalue weighted by Gasteiger charge is -2.07. The van der Waals surface area contributed by atoms with Crippen molar-refractivity contribution in [3.63, 3.8) is 0 Å². The summed E-state index contributed by atoms with van der Waals surface area (Å²) in [5, 5.41) is 6.74. The molecule has 0 aliphatic carbocycles. The predicted molar refractivity (Wildman–Crippen MR) is 85.4 cm³/mol. The van der Waals surface area contributed by atoms with E-state index < -0.39 is 0 Å². The molecule has 0 amide bonds. The molecule has 0 unspecified atom stereocenters. The zero-order valence-electron chi connectivity index (χ0n) is 11.5. The minimum atomic E-state index is 0.927. The standard InChI is InChI=1S/C16H17N3S/c1-12-10-20-16-14(12)15(18-11-19-16)17-9-5-8-13-6-3-2-4-7-13/h2-4,6-7,10-11H,5,8-9H2,1H3,(H,17,18,19). The number of anilines is 1. The molecule has 102 valence electrons. The number of nitrogens with zero attached hydrogens (tertiary/aromatic N) is 2. The van der Waals surface area contributed by atoms with E-state index in [1.807, 2.05) is 0 Å². The lowest BCUT2D eigenvalue weighted by atomic mass is 10.1. The second-order valence-corrected chi connectivity index (χ2v) is 5.70. The van der Waals surface area contributed by atoms with E-state index in [1.165, 1.54) is 11.1 Å². The fourth-order valence-electron chi connectivity index (χ4n) is 2.30. The highest BCUT2D eigenvalue weighted by Gasteiger charge is 2.07. The van der Waals surface area contributed by atoms with Gasteiger partial charge >= 0.3 is 0 Å². The molecule has 1 N–H and O–H groups in total. The molecule has 2 heterocycles. The molecule has 0 fully saturated rings. The highest BCUT2D eigenvalue weighted by atomic mass is 32.1. The molecule has 4 heteroatoms. The smallest absolute Gasteiger partial charge is 0.138 e. The van der Waals surface area contributed by atoms with Crippen LogP contribution in [-0.2, 0) is 6.42 Å². The molecule has 0 radical (unpaired) electrons. The SMILES string of the molecule is Cc1csc2ncnc(NCCCc3ccccc3)c12. The summed E-state index contributed by atoms with van der Waals surface area (Å²) < 4.78 is 0. The van der Waals surface area contributed by atoms with Gasteiger partial charge in [-0.25, -0.2) is 9.97 Å². The maximum atomic E-state index is 4.37. The van der Waals surface area contributed by atoms with Crippen molar-refractivity contribution in [2.75, 3.05) is 11.9 Å². The predicted octanol–water partition coefficient (Wildman–Crippen LogP) is 4.04. The lowest BCUT2D eigenvalue weighted by Crippen LogP contribution is -2.05. The summed E-state index contributed by atoms with van der Waals surface area (Å²) in [6, 6.07) is 10.6. The summed E-state index contributed by atoms with van der Waals surface area (Å²) in [6.07, 6.45) is 3.82. The normalized spacial score (nSPS) is 10.8. The van der Waals surface area contributed by atoms with Gasteiger partial charge in [-0.3, -0.25) is 0 Å². The Balaban J connectivity index is 1.61. The number of benzene rings is 1. The van der Waals surface area contributed by atoms with E-state index in [9.17, 15) is 0 Å². The molecule has 0 atom stereocenters. The third-order valence-electron chi connectivity index (χ3n) is 3.33. The Kier molecular flexibility index (Phi) is 3.92. The zero-order chi connectivity index (χ0) is 13.8.